The molecule has 1 aromatic rings. The maximum absolute atomic E-state index is 14.2. The zero-order valence-electron chi connectivity index (χ0n) is 11.5. The van der Waals surface area contributed by atoms with E-state index in [4.69, 9.17) is 16.2 Å². The number of nitrogens with zero attached hydrogens (tertiary/aromatic N) is 2. The number of piperazine rings is 1. The number of amidine groups is 1. The van der Waals surface area contributed by atoms with Crippen molar-refractivity contribution in [2.75, 3.05) is 39.3 Å². The summed E-state index contributed by atoms with van der Waals surface area (Å²) in [5, 5.41) is 16.3. The molecule has 1 aliphatic heterocycles. The summed E-state index contributed by atoms with van der Waals surface area (Å²) >= 11 is 0. The van der Waals surface area contributed by atoms with Gasteiger partial charge in [-0.1, -0.05) is 12.1 Å². The van der Waals surface area contributed by atoms with Crippen molar-refractivity contribution in [3.63, 3.8) is 0 Å². The van der Waals surface area contributed by atoms with Gasteiger partial charge in [-0.25, -0.2) is 4.39 Å². The molecule has 110 valence electrons. The molecule has 1 heterocycles. The number of hydrogen-bond acceptors (Lipinski definition) is 4. The number of β-amino-alcohol motifs (C(OH)–C–C–N with tert-alkyl or cyclic N) is 1. The molecule has 20 heavy (non-hydrogen) atoms. The van der Waals surface area contributed by atoms with Gasteiger partial charge in [0.15, 0.2) is 0 Å². The van der Waals surface area contributed by atoms with E-state index >= 15 is 0 Å². The van der Waals surface area contributed by atoms with Crippen LogP contribution in [-0.2, 0) is 6.54 Å². The van der Waals surface area contributed by atoms with Gasteiger partial charge in [0.05, 0.1) is 12.2 Å². The highest BCUT2D eigenvalue weighted by atomic mass is 19.1. The number of benzene rings is 1. The molecule has 6 heteroatoms. The predicted molar refractivity (Wildman–Crippen MR) is 76.2 cm³/mol. The van der Waals surface area contributed by atoms with Crippen LogP contribution in [0.3, 0.4) is 0 Å². The minimum atomic E-state index is -0.391. The second kappa shape index (κ2) is 6.78. The molecule has 1 saturated heterocycles. The second-order valence-electron chi connectivity index (χ2n) is 5.03. The first-order valence-electron chi connectivity index (χ1n) is 6.79. The van der Waals surface area contributed by atoms with Crippen molar-refractivity contribution in [3.8, 4) is 0 Å². The summed E-state index contributed by atoms with van der Waals surface area (Å²) in [6.45, 7) is 4.87. The van der Waals surface area contributed by atoms with Gasteiger partial charge < -0.3 is 10.8 Å². The number of hydrogen-bond donors (Lipinski definition) is 3. The number of aliphatic hydroxyl groups excluding tert-OH is 1. The normalized spacial score (nSPS) is 17.3. The minimum Gasteiger partial charge on any atom is -0.395 e. The molecule has 2 rings (SSSR count). The lowest BCUT2D eigenvalue weighted by molar-refractivity contribution is 0.108. The van der Waals surface area contributed by atoms with Crippen LogP contribution in [0.25, 0.3) is 0 Å². The fraction of sp³-hybridized carbons (Fsp3) is 0.500. The fourth-order valence-electron chi connectivity index (χ4n) is 2.46. The van der Waals surface area contributed by atoms with E-state index in [0.29, 0.717) is 18.7 Å². The van der Waals surface area contributed by atoms with Crippen LogP contribution in [0, 0.1) is 11.2 Å². The van der Waals surface area contributed by atoms with Gasteiger partial charge in [0.25, 0.3) is 0 Å². The molecule has 0 bridgehead atoms. The van der Waals surface area contributed by atoms with Crippen LogP contribution in [0.4, 0.5) is 4.39 Å². The van der Waals surface area contributed by atoms with Gasteiger partial charge in [-0.3, -0.25) is 15.2 Å². The average molecular weight is 280 g/mol. The highest BCUT2D eigenvalue weighted by molar-refractivity contribution is 5.95. The molecule has 1 fully saturated rings. The molecule has 1 aliphatic rings. The van der Waals surface area contributed by atoms with Crippen molar-refractivity contribution >= 4 is 5.84 Å². The van der Waals surface area contributed by atoms with E-state index < -0.39 is 5.82 Å². The van der Waals surface area contributed by atoms with E-state index in [1.807, 2.05) is 0 Å². The van der Waals surface area contributed by atoms with Gasteiger partial charge >= 0.3 is 0 Å². The third-order valence-corrected chi connectivity index (χ3v) is 3.64. The zero-order chi connectivity index (χ0) is 14.5. The Kier molecular flexibility index (Phi) is 5.05. The van der Waals surface area contributed by atoms with Gasteiger partial charge in [-0.05, 0) is 6.07 Å². The number of rotatable bonds is 5. The van der Waals surface area contributed by atoms with Crippen molar-refractivity contribution in [3.05, 3.63) is 35.1 Å². The monoisotopic (exact) mass is 280 g/mol. The molecule has 1 aromatic carbocycles. The smallest absolute Gasteiger partial charge is 0.138 e. The summed E-state index contributed by atoms with van der Waals surface area (Å²) < 4.78 is 14.2. The van der Waals surface area contributed by atoms with Crippen LogP contribution in [0.5, 0.6) is 0 Å². The third-order valence-electron chi connectivity index (χ3n) is 3.64. The van der Waals surface area contributed by atoms with Crippen LogP contribution in [-0.4, -0.2) is 60.1 Å². The Labute approximate surface area is 118 Å². The molecule has 0 unspecified atom stereocenters. The minimum absolute atomic E-state index is 0.168. The van der Waals surface area contributed by atoms with E-state index in [2.05, 4.69) is 9.80 Å². The summed E-state index contributed by atoms with van der Waals surface area (Å²) in [5.41, 5.74) is 6.11. The van der Waals surface area contributed by atoms with Crippen molar-refractivity contribution < 1.29 is 9.50 Å². The molecule has 0 amide bonds. The molecule has 0 radical (unpaired) electrons. The van der Waals surface area contributed by atoms with E-state index in [0.717, 1.165) is 26.2 Å². The number of nitrogens with two attached hydrogens (primary N) is 1. The van der Waals surface area contributed by atoms with Crippen LogP contribution in [0.1, 0.15) is 11.1 Å². The van der Waals surface area contributed by atoms with Crippen molar-refractivity contribution in [1.29, 1.82) is 5.41 Å². The number of halogens is 1. The molecular weight excluding hydrogens is 259 g/mol. The average Bonchev–Trinajstić information content (AvgIpc) is 2.43. The summed E-state index contributed by atoms with van der Waals surface area (Å²) in [6, 6.07) is 5.00. The first kappa shape index (κ1) is 14.9. The number of nitrogens with one attached hydrogen (secondary N) is 1. The van der Waals surface area contributed by atoms with E-state index in [9.17, 15) is 4.39 Å². The molecule has 0 atom stereocenters. The van der Waals surface area contributed by atoms with E-state index in [1.54, 1.807) is 12.1 Å². The van der Waals surface area contributed by atoms with Crippen molar-refractivity contribution in [1.82, 2.24) is 9.80 Å². The third kappa shape index (κ3) is 3.53. The van der Waals surface area contributed by atoms with E-state index in [-0.39, 0.29) is 18.0 Å². The molecule has 4 N–H and O–H groups in total. The van der Waals surface area contributed by atoms with Gasteiger partial charge in [0.2, 0.25) is 0 Å². The summed E-state index contributed by atoms with van der Waals surface area (Å²) in [7, 11) is 0. The maximum atomic E-state index is 14.2. The highest BCUT2D eigenvalue weighted by Crippen LogP contribution is 2.15. The van der Waals surface area contributed by atoms with Crippen molar-refractivity contribution in [2.24, 2.45) is 5.73 Å². The lowest BCUT2D eigenvalue weighted by atomic mass is 10.1. The maximum Gasteiger partial charge on any atom is 0.138 e. The number of nitrogen functional groups attached to an aromatic ring is 1. The van der Waals surface area contributed by atoms with Crippen LogP contribution < -0.4 is 5.73 Å². The summed E-state index contributed by atoms with van der Waals surface area (Å²) in [5.74, 6) is -0.630. The lowest BCUT2D eigenvalue weighted by Gasteiger charge is -2.34. The van der Waals surface area contributed by atoms with Gasteiger partial charge in [-0.2, -0.15) is 0 Å². The van der Waals surface area contributed by atoms with Gasteiger partial charge in [0.1, 0.15) is 11.7 Å². The summed E-state index contributed by atoms with van der Waals surface area (Å²) in [6.07, 6.45) is 0. The Morgan fingerprint density at radius 1 is 1.25 bits per heavy atom. The van der Waals surface area contributed by atoms with Gasteiger partial charge in [0, 0.05) is 44.8 Å². The zero-order valence-corrected chi connectivity index (χ0v) is 11.5. The van der Waals surface area contributed by atoms with Crippen LogP contribution in [0.2, 0.25) is 0 Å². The second-order valence-corrected chi connectivity index (χ2v) is 5.03. The largest absolute Gasteiger partial charge is 0.395 e. The Bertz CT molecular complexity index is 472. The first-order chi connectivity index (χ1) is 9.61. The Hall–Kier alpha value is -1.50. The van der Waals surface area contributed by atoms with Crippen molar-refractivity contribution in [2.45, 2.75) is 6.54 Å². The highest BCUT2D eigenvalue weighted by Gasteiger charge is 2.18. The van der Waals surface area contributed by atoms with E-state index in [1.165, 1.54) is 6.07 Å². The SMILES string of the molecule is N=C(N)c1cccc(CN2CCN(CCO)CC2)c1F. The molecule has 0 spiro atoms. The molecule has 0 saturated carbocycles. The molecule has 0 aliphatic carbocycles. The fourth-order valence-corrected chi connectivity index (χ4v) is 2.46. The standard InChI is InChI=1S/C14H21FN4O/c15-13-11(2-1-3-12(13)14(16)17)10-19-6-4-18(5-7-19)8-9-20/h1-3,20H,4-10H2,(H3,16,17). The quantitative estimate of drug-likeness (QED) is 0.533. The Morgan fingerprint density at radius 3 is 2.50 bits per heavy atom. The molecular formula is C14H21FN4O. The molecule has 5 nitrogen and oxygen atoms in total. The van der Waals surface area contributed by atoms with Crippen LogP contribution in [0.15, 0.2) is 18.2 Å². The van der Waals surface area contributed by atoms with Gasteiger partial charge in [-0.15, -0.1) is 0 Å². The predicted octanol–water partition coefficient (Wildman–Crippen LogP) is 0.220. The summed E-state index contributed by atoms with van der Waals surface area (Å²) in [4.78, 5) is 4.37. The Morgan fingerprint density at radius 2 is 1.90 bits per heavy atom. The first-order valence-corrected chi connectivity index (χ1v) is 6.79. The topological polar surface area (TPSA) is 76.6 Å². The number of aliphatic hydroxyl groups is 1. The lowest BCUT2D eigenvalue weighted by Crippen LogP contribution is -2.46. The molecule has 0 aromatic heterocycles. The Balaban J connectivity index is 1.98. The van der Waals surface area contributed by atoms with Crippen LogP contribution >= 0.6 is 0 Å².